The van der Waals surface area contributed by atoms with Crippen LogP contribution in [0.5, 0.6) is 11.5 Å². The molecule has 1 saturated heterocycles. The van der Waals surface area contributed by atoms with Gasteiger partial charge in [-0.15, -0.1) is 0 Å². The van der Waals surface area contributed by atoms with E-state index in [2.05, 4.69) is 25.3 Å². The molecule has 0 aliphatic carbocycles. The van der Waals surface area contributed by atoms with E-state index in [1.165, 1.54) is 18.5 Å². The van der Waals surface area contributed by atoms with Gasteiger partial charge in [-0.25, -0.2) is 14.4 Å². The number of nitrogens with one attached hydrogen (secondary N) is 1. The highest BCUT2D eigenvalue weighted by atomic mass is 35.5. The summed E-state index contributed by atoms with van der Waals surface area (Å²) in [6.45, 7) is 3.43. The first-order valence-electron chi connectivity index (χ1n) is 11.1. The van der Waals surface area contributed by atoms with Gasteiger partial charge < -0.3 is 24.5 Å². The average Bonchev–Trinajstić information content (AvgIpc) is 2.85. The molecule has 10 heteroatoms. The van der Waals surface area contributed by atoms with Crippen molar-refractivity contribution >= 4 is 39.7 Å². The molecule has 2 heterocycles. The molecule has 1 N–H and O–H groups in total. The number of piperidine rings is 1. The van der Waals surface area contributed by atoms with E-state index >= 15 is 0 Å². The third-order valence-electron chi connectivity index (χ3n) is 5.63. The number of aromatic nitrogens is 2. The predicted molar refractivity (Wildman–Crippen MR) is 131 cm³/mol. The maximum absolute atomic E-state index is 13.5. The second kappa shape index (κ2) is 11.3. The molecule has 1 aliphatic heterocycles. The van der Waals surface area contributed by atoms with Gasteiger partial charge in [0.15, 0.2) is 11.5 Å². The molecule has 0 spiro atoms. The number of ether oxygens (including phenoxy) is 2. The van der Waals surface area contributed by atoms with Gasteiger partial charge in [0, 0.05) is 49.6 Å². The highest BCUT2D eigenvalue weighted by molar-refractivity contribution is 6.31. The van der Waals surface area contributed by atoms with Crippen LogP contribution in [0.25, 0.3) is 10.9 Å². The Kier molecular flexibility index (Phi) is 7.97. The summed E-state index contributed by atoms with van der Waals surface area (Å²) in [6, 6.07) is 8.09. The Balaban J connectivity index is 1.43. The molecule has 0 unspecified atom stereocenters. The van der Waals surface area contributed by atoms with Crippen molar-refractivity contribution < 1.29 is 18.7 Å². The largest absolute Gasteiger partial charge is 0.493 e. The fourth-order valence-corrected chi connectivity index (χ4v) is 4.05. The summed E-state index contributed by atoms with van der Waals surface area (Å²) in [6.07, 6.45) is 4.20. The van der Waals surface area contributed by atoms with E-state index in [-0.39, 0.29) is 5.02 Å². The van der Waals surface area contributed by atoms with E-state index in [4.69, 9.17) is 25.9 Å². The van der Waals surface area contributed by atoms with Crippen LogP contribution in [0.15, 0.2) is 41.8 Å². The maximum atomic E-state index is 13.5. The molecule has 3 aromatic rings. The first-order chi connectivity index (χ1) is 16.6. The van der Waals surface area contributed by atoms with Gasteiger partial charge >= 0.3 is 0 Å². The van der Waals surface area contributed by atoms with Crippen molar-refractivity contribution in [3.05, 3.63) is 47.5 Å². The van der Waals surface area contributed by atoms with Crippen LogP contribution in [-0.4, -0.2) is 61.0 Å². The number of anilines is 2. The van der Waals surface area contributed by atoms with Gasteiger partial charge in [-0.1, -0.05) is 16.8 Å². The van der Waals surface area contributed by atoms with Crippen LogP contribution >= 0.6 is 11.6 Å². The van der Waals surface area contributed by atoms with Gasteiger partial charge in [0.25, 0.3) is 0 Å². The lowest BCUT2D eigenvalue weighted by Crippen LogP contribution is -2.35. The second-order valence-electron chi connectivity index (χ2n) is 7.88. The van der Waals surface area contributed by atoms with Crippen LogP contribution in [-0.2, 0) is 4.84 Å². The number of likely N-dealkylation sites (tertiary alicyclic amines) is 1. The van der Waals surface area contributed by atoms with Gasteiger partial charge in [-0.3, -0.25) is 0 Å². The minimum atomic E-state index is -0.478. The van der Waals surface area contributed by atoms with E-state index < -0.39 is 5.82 Å². The molecule has 4 rings (SSSR count). The van der Waals surface area contributed by atoms with Crippen molar-refractivity contribution in [2.45, 2.75) is 19.3 Å². The second-order valence-corrected chi connectivity index (χ2v) is 8.29. The summed E-state index contributed by atoms with van der Waals surface area (Å²) in [7, 11) is 3.18. The van der Waals surface area contributed by atoms with E-state index in [9.17, 15) is 4.39 Å². The molecule has 0 amide bonds. The molecular formula is C24H27ClFN5O3. The van der Waals surface area contributed by atoms with Gasteiger partial charge in [-0.2, -0.15) is 0 Å². The van der Waals surface area contributed by atoms with E-state index in [0.29, 0.717) is 35.1 Å². The van der Waals surface area contributed by atoms with Crippen molar-refractivity contribution in [2.24, 2.45) is 5.16 Å². The van der Waals surface area contributed by atoms with E-state index in [1.54, 1.807) is 20.3 Å². The fourth-order valence-electron chi connectivity index (χ4n) is 3.87. The van der Waals surface area contributed by atoms with Crippen LogP contribution in [0.2, 0.25) is 5.02 Å². The van der Waals surface area contributed by atoms with Gasteiger partial charge in [0.05, 0.1) is 30.0 Å². The minimum Gasteiger partial charge on any atom is -0.493 e. The minimum absolute atomic E-state index is 0.0324. The van der Waals surface area contributed by atoms with Crippen molar-refractivity contribution in [1.29, 1.82) is 0 Å². The number of hydrogen-bond acceptors (Lipinski definition) is 8. The summed E-state index contributed by atoms with van der Waals surface area (Å²) in [4.78, 5) is 16.0. The monoisotopic (exact) mass is 487 g/mol. The highest BCUT2D eigenvalue weighted by Gasteiger charge is 2.16. The summed E-state index contributed by atoms with van der Waals surface area (Å²) >= 11 is 5.91. The molecule has 1 aromatic heterocycles. The maximum Gasteiger partial charge on any atom is 0.162 e. The Bertz CT molecular complexity index is 1170. The normalized spacial score (nSPS) is 14.2. The topological polar surface area (TPSA) is 81.1 Å². The first kappa shape index (κ1) is 24.0. The number of rotatable bonds is 9. The van der Waals surface area contributed by atoms with Gasteiger partial charge in [0.1, 0.15) is 25.1 Å². The molecule has 1 aliphatic rings. The third-order valence-corrected chi connectivity index (χ3v) is 5.92. The Morgan fingerprint density at radius 3 is 2.68 bits per heavy atom. The van der Waals surface area contributed by atoms with Crippen LogP contribution < -0.4 is 14.8 Å². The average molecular weight is 488 g/mol. The van der Waals surface area contributed by atoms with Crippen LogP contribution in [0.1, 0.15) is 19.3 Å². The van der Waals surface area contributed by atoms with Crippen LogP contribution in [0, 0.1) is 5.82 Å². The standard InChI is InChI=1S/C24H27ClFN5O3/c1-32-22-14-21-18(24(28-15-27-21)29-17-4-5-20(26)19(25)12-17)13-23(22)34-11-3-8-31-9-6-16(7-10-31)30-33-2/h4-5,12-15H,3,6-11H2,1-2H3,(H,27,28,29). The zero-order valence-corrected chi connectivity index (χ0v) is 19.9. The summed E-state index contributed by atoms with van der Waals surface area (Å²) < 4.78 is 25.1. The fraction of sp³-hybridized carbons (Fsp3) is 0.375. The first-order valence-corrected chi connectivity index (χ1v) is 11.4. The third kappa shape index (κ3) is 5.84. The zero-order chi connectivity index (χ0) is 23.9. The number of benzene rings is 2. The van der Waals surface area contributed by atoms with E-state index in [0.717, 1.165) is 50.0 Å². The molecule has 2 aromatic carbocycles. The quantitative estimate of drug-likeness (QED) is 0.334. The Morgan fingerprint density at radius 1 is 1.12 bits per heavy atom. The predicted octanol–water partition coefficient (Wildman–Crippen LogP) is 5.04. The number of fused-ring (bicyclic) bond motifs is 1. The molecule has 0 bridgehead atoms. The molecule has 0 saturated carbocycles. The Labute approximate surface area is 202 Å². The number of halogens is 2. The molecule has 1 fully saturated rings. The van der Waals surface area contributed by atoms with Crippen LogP contribution in [0.4, 0.5) is 15.9 Å². The zero-order valence-electron chi connectivity index (χ0n) is 19.2. The van der Waals surface area contributed by atoms with Crippen molar-refractivity contribution in [2.75, 3.05) is 45.8 Å². The number of hydrogen-bond donors (Lipinski definition) is 1. The van der Waals surface area contributed by atoms with Crippen molar-refractivity contribution in [3.63, 3.8) is 0 Å². The number of nitrogens with zero attached hydrogens (tertiary/aromatic N) is 4. The lowest BCUT2D eigenvalue weighted by atomic mass is 10.1. The molecule has 180 valence electrons. The Morgan fingerprint density at radius 2 is 1.94 bits per heavy atom. The van der Waals surface area contributed by atoms with Gasteiger partial charge in [0.2, 0.25) is 0 Å². The van der Waals surface area contributed by atoms with E-state index in [1.807, 2.05) is 12.1 Å². The van der Waals surface area contributed by atoms with Crippen molar-refractivity contribution in [1.82, 2.24) is 14.9 Å². The Hall–Kier alpha value is -3.17. The number of methoxy groups -OCH3 is 1. The highest BCUT2D eigenvalue weighted by Crippen LogP contribution is 2.35. The van der Waals surface area contributed by atoms with Gasteiger partial charge in [-0.05, 0) is 30.7 Å². The molecule has 0 atom stereocenters. The summed E-state index contributed by atoms with van der Waals surface area (Å²) in [5, 5.41) is 8.01. The van der Waals surface area contributed by atoms with Crippen LogP contribution in [0.3, 0.4) is 0 Å². The lowest BCUT2D eigenvalue weighted by molar-refractivity contribution is 0.201. The number of oxime groups is 1. The summed E-state index contributed by atoms with van der Waals surface area (Å²) in [5.74, 6) is 1.29. The van der Waals surface area contributed by atoms with Crippen molar-refractivity contribution in [3.8, 4) is 11.5 Å². The molecule has 8 nitrogen and oxygen atoms in total. The molecule has 0 radical (unpaired) electrons. The molecule has 34 heavy (non-hydrogen) atoms. The SMILES string of the molecule is CON=C1CCN(CCCOc2cc3c(Nc4ccc(F)c(Cl)c4)ncnc3cc2OC)CC1. The smallest absolute Gasteiger partial charge is 0.162 e. The summed E-state index contributed by atoms with van der Waals surface area (Å²) in [5.41, 5.74) is 2.42. The molecular weight excluding hydrogens is 461 g/mol. The lowest BCUT2D eigenvalue weighted by Gasteiger charge is -2.27.